The highest BCUT2D eigenvalue weighted by atomic mass is 32.1. The Bertz CT molecular complexity index is 1090. The van der Waals surface area contributed by atoms with Crippen LogP contribution < -0.4 is 10.1 Å². The maximum atomic E-state index is 12.3. The van der Waals surface area contributed by atoms with Gasteiger partial charge in [-0.05, 0) is 37.1 Å². The third-order valence-electron chi connectivity index (χ3n) is 5.01. The van der Waals surface area contributed by atoms with Crippen LogP contribution in [0.25, 0.3) is 10.2 Å². The molecule has 0 fully saturated rings. The van der Waals surface area contributed by atoms with E-state index in [0.717, 1.165) is 16.6 Å². The van der Waals surface area contributed by atoms with Crippen LogP contribution in [0.4, 0.5) is 5.13 Å². The molecule has 2 aromatic carbocycles. The number of hydrogen-bond acceptors (Lipinski definition) is 6. The van der Waals surface area contributed by atoms with Gasteiger partial charge in [0, 0.05) is 13.0 Å². The number of carbonyl (C=O) groups is 3. The number of amides is 3. The van der Waals surface area contributed by atoms with Crippen molar-refractivity contribution in [1.82, 2.24) is 9.88 Å². The lowest BCUT2D eigenvalue weighted by atomic mass is 10.1. The number of benzene rings is 2. The first-order valence-corrected chi connectivity index (χ1v) is 10.6. The van der Waals surface area contributed by atoms with Gasteiger partial charge in [0.15, 0.2) is 5.13 Å². The van der Waals surface area contributed by atoms with Crippen molar-refractivity contribution in [2.75, 3.05) is 19.0 Å². The lowest BCUT2D eigenvalue weighted by Gasteiger charge is -2.13. The van der Waals surface area contributed by atoms with Gasteiger partial charge in [0.25, 0.3) is 11.8 Å². The normalized spacial score (nSPS) is 13.0. The van der Waals surface area contributed by atoms with E-state index in [2.05, 4.69) is 10.3 Å². The van der Waals surface area contributed by atoms with Crippen LogP contribution in [-0.2, 0) is 4.79 Å². The Morgan fingerprint density at radius 3 is 2.47 bits per heavy atom. The van der Waals surface area contributed by atoms with E-state index in [4.69, 9.17) is 4.74 Å². The summed E-state index contributed by atoms with van der Waals surface area (Å²) < 4.78 is 6.24. The van der Waals surface area contributed by atoms with Crippen molar-refractivity contribution in [3.8, 4) is 5.75 Å². The molecule has 1 aromatic heterocycles. The largest absolute Gasteiger partial charge is 0.494 e. The summed E-state index contributed by atoms with van der Waals surface area (Å²) >= 11 is 1.41. The Kier molecular flexibility index (Phi) is 5.76. The van der Waals surface area contributed by atoms with E-state index < -0.39 is 0 Å². The van der Waals surface area contributed by atoms with Crippen molar-refractivity contribution in [1.29, 1.82) is 0 Å². The lowest BCUT2D eigenvalue weighted by Crippen LogP contribution is -2.30. The standard InChI is InChI=1S/C22H21N3O4S/c1-29-16-10-7-11-17-19(16)24-22(30-17)23-18(26)12-3-2-6-13-25-20(27)14-8-4-5-9-15(14)21(25)28/h4-5,7-11H,2-3,6,12-13H2,1H3,(H,23,24,26). The zero-order chi connectivity index (χ0) is 21.1. The lowest BCUT2D eigenvalue weighted by molar-refractivity contribution is -0.116. The smallest absolute Gasteiger partial charge is 0.261 e. The molecule has 30 heavy (non-hydrogen) atoms. The highest BCUT2D eigenvalue weighted by Crippen LogP contribution is 2.32. The van der Waals surface area contributed by atoms with Gasteiger partial charge < -0.3 is 10.1 Å². The molecule has 1 aliphatic heterocycles. The van der Waals surface area contributed by atoms with E-state index in [0.29, 0.717) is 47.8 Å². The second-order valence-corrected chi connectivity index (χ2v) is 8.02. The molecule has 3 amide bonds. The third-order valence-corrected chi connectivity index (χ3v) is 5.95. The van der Waals surface area contributed by atoms with Gasteiger partial charge in [-0.2, -0.15) is 0 Å². The monoisotopic (exact) mass is 423 g/mol. The summed E-state index contributed by atoms with van der Waals surface area (Å²) in [6.07, 6.45) is 2.43. The fourth-order valence-electron chi connectivity index (χ4n) is 3.50. The van der Waals surface area contributed by atoms with Crippen molar-refractivity contribution < 1.29 is 19.1 Å². The maximum absolute atomic E-state index is 12.3. The van der Waals surface area contributed by atoms with Crippen LogP contribution in [0.15, 0.2) is 42.5 Å². The number of nitrogens with one attached hydrogen (secondary N) is 1. The van der Waals surface area contributed by atoms with E-state index in [-0.39, 0.29) is 17.7 Å². The number of carbonyl (C=O) groups excluding carboxylic acids is 3. The number of rotatable bonds is 8. The van der Waals surface area contributed by atoms with E-state index in [1.807, 2.05) is 18.2 Å². The molecule has 4 rings (SSSR count). The summed E-state index contributed by atoms with van der Waals surface area (Å²) in [5, 5.41) is 3.38. The molecule has 0 saturated carbocycles. The molecular formula is C22H21N3O4S. The Labute approximate surface area is 177 Å². The maximum Gasteiger partial charge on any atom is 0.261 e. The minimum atomic E-state index is -0.236. The minimum absolute atomic E-state index is 0.103. The number of nitrogens with zero attached hydrogens (tertiary/aromatic N) is 2. The number of imide groups is 1. The summed E-state index contributed by atoms with van der Waals surface area (Å²) in [6.45, 7) is 0.367. The highest BCUT2D eigenvalue weighted by molar-refractivity contribution is 7.22. The first-order valence-electron chi connectivity index (χ1n) is 9.77. The highest BCUT2D eigenvalue weighted by Gasteiger charge is 2.34. The molecule has 0 unspecified atom stereocenters. The molecule has 7 nitrogen and oxygen atoms in total. The Morgan fingerprint density at radius 2 is 1.77 bits per heavy atom. The summed E-state index contributed by atoms with van der Waals surface area (Å²) in [5.74, 6) is 0.102. The van der Waals surface area contributed by atoms with Crippen LogP contribution in [0.2, 0.25) is 0 Å². The SMILES string of the molecule is COc1cccc2sc(NC(=O)CCCCCN3C(=O)c4ccccc4C3=O)nc12. The van der Waals surface area contributed by atoms with Crippen LogP contribution in [-0.4, -0.2) is 41.3 Å². The van der Waals surface area contributed by atoms with E-state index >= 15 is 0 Å². The number of anilines is 1. The predicted octanol–water partition coefficient (Wildman–Crippen LogP) is 4.10. The van der Waals surface area contributed by atoms with Gasteiger partial charge in [-0.15, -0.1) is 0 Å². The van der Waals surface area contributed by atoms with E-state index in [1.54, 1.807) is 31.4 Å². The molecule has 0 bridgehead atoms. The van der Waals surface area contributed by atoms with Gasteiger partial charge in [-0.25, -0.2) is 4.98 Å². The molecule has 0 saturated heterocycles. The fraction of sp³-hybridized carbons (Fsp3) is 0.273. The number of para-hydroxylation sites is 1. The van der Waals surface area contributed by atoms with Gasteiger partial charge >= 0.3 is 0 Å². The number of aromatic nitrogens is 1. The number of ether oxygens (including phenoxy) is 1. The molecule has 154 valence electrons. The van der Waals surface area contributed by atoms with E-state index in [9.17, 15) is 14.4 Å². The second-order valence-electron chi connectivity index (χ2n) is 6.99. The summed E-state index contributed by atoms with van der Waals surface area (Å²) in [6, 6.07) is 12.5. The zero-order valence-corrected chi connectivity index (χ0v) is 17.3. The quantitative estimate of drug-likeness (QED) is 0.435. The average Bonchev–Trinajstić information content (AvgIpc) is 3.27. The Hall–Kier alpha value is -3.26. The molecule has 1 aliphatic rings. The minimum Gasteiger partial charge on any atom is -0.494 e. The number of fused-ring (bicyclic) bond motifs is 2. The Morgan fingerprint density at radius 1 is 1.03 bits per heavy atom. The molecule has 0 atom stereocenters. The number of hydrogen-bond donors (Lipinski definition) is 1. The van der Waals surface area contributed by atoms with Crippen molar-refractivity contribution in [2.45, 2.75) is 25.7 Å². The fourth-order valence-corrected chi connectivity index (χ4v) is 4.40. The van der Waals surface area contributed by atoms with Crippen LogP contribution in [0, 0.1) is 0 Å². The van der Waals surface area contributed by atoms with Gasteiger partial charge in [0.1, 0.15) is 11.3 Å². The predicted molar refractivity (Wildman–Crippen MR) is 115 cm³/mol. The molecule has 2 heterocycles. The number of thiazole rings is 1. The summed E-state index contributed by atoms with van der Waals surface area (Å²) in [4.78, 5) is 42.6. The first-order chi connectivity index (χ1) is 14.6. The topological polar surface area (TPSA) is 88.6 Å². The third kappa shape index (κ3) is 3.91. The first kappa shape index (κ1) is 20.0. The van der Waals surface area contributed by atoms with Gasteiger partial charge in [0.2, 0.25) is 5.91 Å². The van der Waals surface area contributed by atoms with Crippen LogP contribution >= 0.6 is 11.3 Å². The Balaban J connectivity index is 1.22. The molecule has 0 spiro atoms. The molecule has 8 heteroatoms. The van der Waals surface area contributed by atoms with Crippen LogP contribution in [0.1, 0.15) is 46.4 Å². The van der Waals surface area contributed by atoms with Crippen molar-refractivity contribution >= 4 is 44.4 Å². The second kappa shape index (κ2) is 8.62. The van der Waals surface area contributed by atoms with Gasteiger partial charge in [-0.1, -0.05) is 36.0 Å². The molecular weight excluding hydrogens is 402 g/mol. The van der Waals surface area contributed by atoms with Crippen molar-refractivity contribution in [2.24, 2.45) is 0 Å². The van der Waals surface area contributed by atoms with Crippen LogP contribution in [0.3, 0.4) is 0 Å². The van der Waals surface area contributed by atoms with Crippen LogP contribution in [0.5, 0.6) is 5.75 Å². The summed E-state index contributed by atoms with van der Waals surface area (Å²) in [5.41, 5.74) is 1.67. The number of unbranched alkanes of at least 4 members (excludes halogenated alkanes) is 2. The van der Waals surface area contributed by atoms with Gasteiger partial charge in [-0.3, -0.25) is 19.3 Å². The molecule has 1 N–H and O–H groups in total. The van der Waals surface area contributed by atoms with Gasteiger partial charge in [0.05, 0.1) is 22.9 Å². The van der Waals surface area contributed by atoms with E-state index in [1.165, 1.54) is 16.2 Å². The zero-order valence-electron chi connectivity index (χ0n) is 16.5. The molecule has 3 aromatic rings. The molecule has 0 radical (unpaired) electrons. The van der Waals surface area contributed by atoms with Crippen molar-refractivity contribution in [3.63, 3.8) is 0 Å². The van der Waals surface area contributed by atoms with Crippen molar-refractivity contribution in [3.05, 3.63) is 53.6 Å². The number of methoxy groups -OCH3 is 1. The molecule has 0 aliphatic carbocycles. The average molecular weight is 423 g/mol. The summed E-state index contributed by atoms with van der Waals surface area (Å²) in [7, 11) is 1.59.